The highest BCUT2D eigenvalue weighted by Gasteiger charge is 2.29. The Balaban J connectivity index is 1.87. The number of nitrogens with one attached hydrogen (secondary N) is 1. The van der Waals surface area contributed by atoms with Crippen LogP contribution in [0.1, 0.15) is 19.8 Å². The Hall–Kier alpha value is 0.300. The SMILES string of the molecule is CC1N=C(NC2CC2)SC1CBr. The molecule has 2 rings (SSSR count). The molecule has 68 valence electrons. The number of alkyl halides is 1. The van der Waals surface area contributed by atoms with E-state index in [2.05, 4.69) is 33.2 Å². The van der Waals surface area contributed by atoms with Crippen molar-refractivity contribution in [2.24, 2.45) is 4.99 Å². The van der Waals surface area contributed by atoms with Crippen molar-refractivity contribution < 1.29 is 0 Å². The standard InChI is InChI=1S/C8H13BrN2S/c1-5-7(4-9)12-8(10-5)11-6-2-3-6/h5-7H,2-4H2,1H3,(H,10,11). The zero-order valence-electron chi connectivity index (χ0n) is 7.09. The lowest BCUT2D eigenvalue weighted by atomic mass is 10.3. The van der Waals surface area contributed by atoms with Crippen LogP contribution < -0.4 is 5.32 Å². The quantitative estimate of drug-likeness (QED) is 0.757. The third-order valence-corrected chi connectivity index (χ3v) is 4.61. The van der Waals surface area contributed by atoms with E-state index in [1.54, 1.807) is 0 Å². The number of rotatable bonds is 2. The predicted octanol–water partition coefficient (Wildman–Crippen LogP) is 1.99. The minimum Gasteiger partial charge on any atom is -0.362 e. The number of amidine groups is 1. The molecule has 2 nitrogen and oxygen atoms in total. The summed E-state index contributed by atoms with van der Waals surface area (Å²) in [4.78, 5) is 4.56. The molecule has 1 saturated carbocycles. The van der Waals surface area contributed by atoms with Gasteiger partial charge in [0.25, 0.3) is 0 Å². The molecule has 0 bridgehead atoms. The summed E-state index contributed by atoms with van der Waals surface area (Å²) in [5.41, 5.74) is 0. The maximum Gasteiger partial charge on any atom is 0.157 e. The molecule has 0 aromatic rings. The van der Waals surface area contributed by atoms with Gasteiger partial charge < -0.3 is 5.32 Å². The molecule has 0 aromatic carbocycles. The molecule has 0 spiro atoms. The van der Waals surface area contributed by atoms with E-state index in [0.29, 0.717) is 11.3 Å². The summed E-state index contributed by atoms with van der Waals surface area (Å²) in [6.07, 6.45) is 2.65. The van der Waals surface area contributed by atoms with Crippen molar-refractivity contribution in [2.75, 3.05) is 5.33 Å². The van der Waals surface area contributed by atoms with Gasteiger partial charge >= 0.3 is 0 Å². The lowest BCUT2D eigenvalue weighted by molar-refractivity contribution is 0.753. The molecule has 1 fully saturated rings. The summed E-state index contributed by atoms with van der Waals surface area (Å²) in [5.74, 6) is 0. The molecule has 1 aliphatic heterocycles. The molecule has 0 radical (unpaired) electrons. The lowest BCUT2D eigenvalue weighted by Crippen LogP contribution is -2.21. The number of halogens is 1. The monoisotopic (exact) mass is 248 g/mol. The molecule has 12 heavy (non-hydrogen) atoms. The third-order valence-electron chi connectivity index (χ3n) is 2.18. The summed E-state index contributed by atoms with van der Waals surface area (Å²) in [7, 11) is 0. The average Bonchev–Trinajstić information content (AvgIpc) is 2.76. The van der Waals surface area contributed by atoms with Gasteiger partial charge in [0.05, 0.1) is 6.04 Å². The second-order valence-electron chi connectivity index (χ2n) is 3.40. The van der Waals surface area contributed by atoms with Crippen LogP contribution in [0.5, 0.6) is 0 Å². The van der Waals surface area contributed by atoms with Crippen LogP contribution in [-0.2, 0) is 0 Å². The largest absolute Gasteiger partial charge is 0.362 e. The van der Waals surface area contributed by atoms with Gasteiger partial charge in [-0.15, -0.1) is 0 Å². The van der Waals surface area contributed by atoms with Crippen LogP contribution in [-0.4, -0.2) is 27.8 Å². The van der Waals surface area contributed by atoms with Crippen molar-refractivity contribution in [1.29, 1.82) is 0 Å². The molecule has 2 unspecified atom stereocenters. The van der Waals surface area contributed by atoms with E-state index in [1.165, 1.54) is 12.8 Å². The van der Waals surface area contributed by atoms with Gasteiger partial charge in [0.1, 0.15) is 0 Å². The van der Waals surface area contributed by atoms with Crippen molar-refractivity contribution in [2.45, 2.75) is 37.1 Å². The minimum absolute atomic E-state index is 0.468. The average molecular weight is 249 g/mol. The van der Waals surface area contributed by atoms with Gasteiger partial charge in [0.2, 0.25) is 0 Å². The maximum atomic E-state index is 4.56. The van der Waals surface area contributed by atoms with Gasteiger partial charge in [-0.25, -0.2) is 0 Å². The van der Waals surface area contributed by atoms with Crippen LogP contribution in [0.25, 0.3) is 0 Å². The number of nitrogens with zero attached hydrogens (tertiary/aromatic N) is 1. The van der Waals surface area contributed by atoms with Gasteiger partial charge in [-0.05, 0) is 19.8 Å². The maximum absolute atomic E-state index is 4.56. The van der Waals surface area contributed by atoms with E-state index in [4.69, 9.17) is 0 Å². The van der Waals surface area contributed by atoms with Crippen LogP contribution in [0.15, 0.2) is 4.99 Å². The molecule has 2 aliphatic rings. The highest BCUT2D eigenvalue weighted by molar-refractivity contribution is 9.09. The molecule has 0 aromatic heterocycles. The summed E-state index contributed by atoms with van der Waals surface area (Å²) >= 11 is 5.38. The molecule has 0 amide bonds. The van der Waals surface area contributed by atoms with Crippen molar-refractivity contribution in [3.05, 3.63) is 0 Å². The number of thioether (sulfide) groups is 1. The van der Waals surface area contributed by atoms with Gasteiger partial charge in [-0.3, -0.25) is 4.99 Å². The lowest BCUT2D eigenvalue weighted by Gasteiger charge is -2.07. The second kappa shape index (κ2) is 3.58. The highest BCUT2D eigenvalue weighted by atomic mass is 79.9. The second-order valence-corrected chi connectivity index (χ2v) is 5.28. The molecular formula is C8H13BrN2S. The Kier molecular flexibility index (Phi) is 2.65. The highest BCUT2D eigenvalue weighted by Crippen LogP contribution is 2.29. The van der Waals surface area contributed by atoms with Crippen LogP contribution in [0.4, 0.5) is 0 Å². The van der Waals surface area contributed by atoms with E-state index in [0.717, 1.165) is 16.5 Å². The van der Waals surface area contributed by atoms with Crippen LogP contribution in [0.3, 0.4) is 0 Å². The van der Waals surface area contributed by atoms with Crippen LogP contribution >= 0.6 is 27.7 Å². The van der Waals surface area contributed by atoms with E-state index in [1.807, 2.05) is 11.8 Å². The fourth-order valence-electron chi connectivity index (χ4n) is 1.17. The predicted molar refractivity (Wildman–Crippen MR) is 58.2 cm³/mol. The Labute approximate surface area is 85.7 Å². The zero-order chi connectivity index (χ0) is 8.55. The third kappa shape index (κ3) is 1.96. The topological polar surface area (TPSA) is 24.4 Å². The Morgan fingerprint density at radius 3 is 2.92 bits per heavy atom. The van der Waals surface area contributed by atoms with E-state index < -0.39 is 0 Å². The van der Waals surface area contributed by atoms with Gasteiger partial charge in [-0.1, -0.05) is 27.7 Å². The van der Waals surface area contributed by atoms with Crippen LogP contribution in [0.2, 0.25) is 0 Å². The summed E-state index contributed by atoms with van der Waals surface area (Å²) in [6, 6.07) is 1.20. The molecule has 2 atom stereocenters. The molecule has 1 aliphatic carbocycles. The fourth-order valence-corrected chi connectivity index (χ4v) is 3.18. The minimum atomic E-state index is 0.468. The van der Waals surface area contributed by atoms with Crippen LogP contribution in [0, 0.1) is 0 Å². The van der Waals surface area contributed by atoms with Gasteiger partial charge in [-0.2, -0.15) is 0 Å². The molecule has 4 heteroatoms. The van der Waals surface area contributed by atoms with E-state index in [-0.39, 0.29) is 0 Å². The molecule has 0 saturated heterocycles. The fraction of sp³-hybridized carbons (Fsp3) is 0.875. The van der Waals surface area contributed by atoms with E-state index in [9.17, 15) is 0 Å². The molecule has 1 N–H and O–H groups in total. The first kappa shape index (κ1) is 8.88. The normalized spacial score (nSPS) is 35.0. The number of hydrogen-bond acceptors (Lipinski definition) is 3. The Bertz CT molecular complexity index is 203. The van der Waals surface area contributed by atoms with Gasteiger partial charge in [0.15, 0.2) is 5.17 Å². The molecule has 1 heterocycles. The first-order chi connectivity index (χ1) is 5.79. The molecular weight excluding hydrogens is 236 g/mol. The van der Waals surface area contributed by atoms with Crippen molar-refractivity contribution >= 4 is 32.9 Å². The van der Waals surface area contributed by atoms with Crippen molar-refractivity contribution in [1.82, 2.24) is 5.32 Å². The zero-order valence-corrected chi connectivity index (χ0v) is 9.49. The summed E-state index contributed by atoms with van der Waals surface area (Å²) in [6.45, 7) is 2.18. The summed E-state index contributed by atoms with van der Waals surface area (Å²) < 4.78 is 0. The summed E-state index contributed by atoms with van der Waals surface area (Å²) in [5, 5.41) is 6.27. The van der Waals surface area contributed by atoms with Crippen molar-refractivity contribution in [3.8, 4) is 0 Å². The number of aliphatic imine (C=N–C) groups is 1. The Morgan fingerprint density at radius 1 is 1.67 bits per heavy atom. The number of hydrogen-bond donors (Lipinski definition) is 1. The van der Waals surface area contributed by atoms with Crippen molar-refractivity contribution in [3.63, 3.8) is 0 Å². The first-order valence-electron chi connectivity index (χ1n) is 4.36. The Morgan fingerprint density at radius 2 is 2.42 bits per heavy atom. The smallest absolute Gasteiger partial charge is 0.157 e. The van der Waals surface area contributed by atoms with Gasteiger partial charge in [0, 0.05) is 16.6 Å². The van der Waals surface area contributed by atoms with E-state index >= 15 is 0 Å². The first-order valence-corrected chi connectivity index (χ1v) is 6.36.